The van der Waals surface area contributed by atoms with E-state index in [1.165, 1.54) is 11.1 Å². The fourth-order valence-corrected chi connectivity index (χ4v) is 3.51. The molecule has 172 valence electrons. The van der Waals surface area contributed by atoms with Crippen LogP contribution in [-0.4, -0.2) is 62.4 Å². The molecular weight excluding hydrogens is 491 g/mol. The number of rotatable bonds is 11. The van der Waals surface area contributed by atoms with E-state index in [4.69, 9.17) is 14.5 Å². The van der Waals surface area contributed by atoms with Crippen molar-refractivity contribution in [3.8, 4) is 0 Å². The van der Waals surface area contributed by atoms with E-state index >= 15 is 0 Å². The quantitative estimate of drug-likeness (QED) is 0.197. The van der Waals surface area contributed by atoms with Crippen molar-refractivity contribution >= 4 is 29.9 Å². The van der Waals surface area contributed by atoms with Crippen molar-refractivity contribution < 1.29 is 9.47 Å². The molecule has 7 heteroatoms. The lowest BCUT2D eigenvalue weighted by atomic mass is 10.0. The largest absolute Gasteiger partial charge is 0.379 e. The topological polar surface area (TPSA) is 58.1 Å². The van der Waals surface area contributed by atoms with Crippen molar-refractivity contribution in [2.75, 3.05) is 39.5 Å². The van der Waals surface area contributed by atoms with Crippen LogP contribution in [0.5, 0.6) is 0 Å². The van der Waals surface area contributed by atoms with Gasteiger partial charge in [-0.1, -0.05) is 24.3 Å². The third-order valence-corrected chi connectivity index (χ3v) is 5.20. The van der Waals surface area contributed by atoms with E-state index < -0.39 is 0 Å². The zero-order chi connectivity index (χ0) is 20.9. The van der Waals surface area contributed by atoms with Crippen molar-refractivity contribution in [1.82, 2.24) is 15.5 Å². The molecule has 0 unspecified atom stereocenters. The summed E-state index contributed by atoms with van der Waals surface area (Å²) < 4.78 is 11.0. The molecule has 1 fully saturated rings. The van der Waals surface area contributed by atoms with Crippen LogP contribution in [0.3, 0.4) is 0 Å². The van der Waals surface area contributed by atoms with Gasteiger partial charge in [0.25, 0.3) is 0 Å². The van der Waals surface area contributed by atoms with Crippen LogP contribution in [-0.2, 0) is 22.6 Å². The van der Waals surface area contributed by atoms with Gasteiger partial charge in [0.05, 0.1) is 26.4 Å². The number of nitrogens with zero attached hydrogens (tertiary/aromatic N) is 2. The van der Waals surface area contributed by atoms with E-state index in [1.54, 1.807) is 0 Å². The summed E-state index contributed by atoms with van der Waals surface area (Å²) in [7, 11) is 0. The van der Waals surface area contributed by atoms with Gasteiger partial charge in [-0.3, -0.25) is 0 Å². The molecule has 1 aromatic rings. The molecule has 1 aliphatic rings. The van der Waals surface area contributed by atoms with Gasteiger partial charge in [0, 0.05) is 38.3 Å². The molecular formula is C23H41IN4O2. The van der Waals surface area contributed by atoms with Gasteiger partial charge in [0.1, 0.15) is 0 Å². The molecule has 0 aliphatic carbocycles. The zero-order valence-corrected chi connectivity index (χ0v) is 21.5. The molecule has 0 amide bonds. The van der Waals surface area contributed by atoms with Crippen molar-refractivity contribution in [3.63, 3.8) is 0 Å². The number of likely N-dealkylation sites (tertiary alicyclic amines) is 1. The standard InChI is InChI=1S/C23H40N4O2.HI/c1-5-24-23(26-22-10-12-27(13-11-22)19(3)4)25-17-20-8-7-9-21(16-20)18-29-15-14-28-6-2;/h7-9,16,19,22H,5-6,10-15,17-18H2,1-4H3,(H2,24,25,26);1H. The fourth-order valence-electron chi connectivity index (χ4n) is 3.51. The van der Waals surface area contributed by atoms with Gasteiger partial charge in [-0.05, 0) is 51.7 Å². The predicted molar refractivity (Wildman–Crippen MR) is 136 cm³/mol. The van der Waals surface area contributed by atoms with Crippen molar-refractivity contribution in [3.05, 3.63) is 35.4 Å². The smallest absolute Gasteiger partial charge is 0.191 e. The molecule has 2 N–H and O–H groups in total. The second kappa shape index (κ2) is 15.8. The Morgan fingerprint density at radius 3 is 2.50 bits per heavy atom. The van der Waals surface area contributed by atoms with E-state index in [0.29, 0.717) is 38.4 Å². The minimum Gasteiger partial charge on any atom is -0.379 e. The first kappa shape index (κ1) is 27.1. The van der Waals surface area contributed by atoms with Gasteiger partial charge in [0.2, 0.25) is 0 Å². The highest BCUT2D eigenvalue weighted by Gasteiger charge is 2.21. The number of benzene rings is 1. The molecule has 2 rings (SSSR count). The molecule has 1 heterocycles. The molecule has 0 bridgehead atoms. The molecule has 0 radical (unpaired) electrons. The average Bonchev–Trinajstić information content (AvgIpc) is 2.73. The number of ether oxygens (including phenoxy) is 2. The summed E-state index contributed by atoms with van der Waals surface area (Å²) >= 11 is 0. The second-order valence-corrected chi connectivity index (χ2v) is 7.81. The predicted octanol–water partition coefficient (Wildman–Crippen LogP) is 3.79. The highest BCUT2D eigenvalue weighted by Crippen LogP contribution is 2.13. The average molecular weight is 533 g/mol. The van der Waals surface area contributed by atoms with Crippen LogP contribution in [0.1, 0.15) is 51.7 Å². The molecule has 30 heavy (non-hydrogen) atoms. The lowest BCUT2D eigenvalue weighted by molar-refractivity contribution is 0.0453. The van der Waals surface area contributed by atoms with E-state index in [0.717, 1.165) is 45.0 Å². The molecule has 1 saturated heterocycles. The highest BCUT2D eigenvalue weighted by atomic mass is 127. The Kier molecular flexibility index (Phi) is 14.3. The summed E-state index contributed by atoms with van der Waals surface area (Å²) in [5.41, 5.74) is 2.37. The third kappa shape index (κ3) is 10.4. The number of halogens is 1. The minimum atomic E-state index is 0. The Labute approximate surface area is 200 Å². The molecule has 0 spiro atoms. The van der Waals surface area contributed by atoms with Gasteiger partial charge in [-0.15, -0.1) is 24.0 Å². The Bertz CT molecular complexity index is 605. The summed E-state index contributed by atoms with van der Waals surface area (Å²) in [6.07, 6.45) is 2.33. The first-order chi connectivity index (χ1) is 14.1. The summed E-state index contributed by atoms with van der Waals surface area (Å²) in [4.78, 5) is 7.36. The maximum atomic E-state index is 5.68. The summed E-state index contributed by atoms with van der Waals surface area (Å²) in [6, 6.07) is 9.60. The Balaban J connectivity index is 0.00000450. The van der Waals surface area contributed by atoms with Gasteiger partial charge in [-0.2, -0.15) is 0 Å². The second-order valence-electron chi connectivity index (χ2n) is 7.81. The summed E-state index contributed by atoms with van der Waals surface area (Å²) in [6.45, 7) is 15.1. The maximum absolute atomic E-state index is 5.68. The molecule has 0 saturated carbocycles. The van der Waals surface area contributed by atoms with Crippen molar-refractivity contribution in [1.29, 1.82) is 0 Å². The normalized spacial score (nSPS) is 15.8. The summed E-state index contributed by atoms with van der Waals surface area (Å²) in [5, 5.41) is 7.02. The number of nitrogens with one attached hydrogen (secondary N) is 2. The molecule has 6 nitrogen and oxygen atoms in total. The Morgan fingerprint density at radius 1 is 1.13 bits per heavy atom. The Morgan fingerprint density at radius 2 is 1.83 bits per heavy atom. The van der Waals surface area contributed by atoms with Crippen LogP contribution in [0.25, 0.3) is 0 Å². The molecule has 1 aliphatic heterocycles. The van der Waals surface area contributed by atoms with Crippen LogP contribution in [0.2, 0.25) is 0 Å². The Hall–Kier alpha value is -0.900. The minimum absolute atomic E-state index is 0. The van der Waals surface area contributed by atoms with E-state index in [2.05, 4.69) is 60.6 Å². The summed E-state index contributed by atoms with van der Waals surface area (Å²) in [5.74, 6) is 0.911. The number of aliphatic imine (C=N–C) groups is 1. The highest BCUT2D eigenvalue weighted by molar-refractivity contribution is 14.0. The number of hydrogen-bond donors (Lipinski definition) is 2. The van der Waals surface area contributed by atoms with Crippen LogP contribution < -0.4 is 10.6 Å². The SMILES string of the molecule is CCNC(=NCc1cccc(COCCOCC)c1)NC1CCN(C(C)C)CC1.I. The third-order valence-electron chi connectivity index (χ3n) is 5.20. The van der Waals surface area contributed by atoms with Crippen LogP contribution >= 0.6 is 24.0 Å². The van der Waals surface area contributed by atoms with Gasteiger partial charge in [0.15, 0.2) is 5.96 Å². The van der Waals surface area contributed by atoms with Gasteiger partial charge < -0.3 is 25.0 Å². The van der Waals surface area contributed by atoms with E-state index in [-0.39, 0.29) is 24.0 Å². The molecule has 0 aromatic heterocycles. The van der Waals surface area contributed by atoms with Crippen molar-refractivity contribution in [2.24, 2.45) is 4.99 Å². The number of guanidine groups is 1. The lowest BCUT2D eigenvalue weighted by Crippen LogP contribution is -2.49. The maximum Gasteiger partial charge on any atom is 0.191 e. The van der Waals surface area contributed by atoms with Crippen LogP contribution in [0.4, 0.5) is 0 Å². The van der Waals surface area contributed by atoms with E-state index in [9.17, 15) is 0 Å². The van der Waals surface area contributed by atoms with Gasteiger partial charge >= 0.3 is 0 Å². The van der Waals surface area contributed by atoms with Crippen LogP contribution in [0, 0.1) is 0 Å². The molecule has 1 aromatic carbocycles. The number of hydrogen-bond acceptors (Lipinski definition) is 4. The lowest BCUT2D eigenvalue weighted by Gasteiger charge is -2.35. The van der Waals surface area contributed by atoms with E-state index in [1.807, 2.05) is 6.92 Å². The fraction of sp³-hybridized carbons (Fsp3) is 0.696. The van der Waals surface area contributed by atoms with Crippen LogP contribution in [0.15, 0.2) is 29.3 Å². The first-order valence-corrected chi connectivity index (χ1v) is 11.1. The molecule has 0 atom stereocenters. The van der Waals surface area contributed by atoms with Gasteiger partial charge in [-0.25, -0.2) is 4.99 Å². The number of piperidine rings is 1. The van der Waals surface area contributed by atoms with Crippen molar-refractivity contribution in [2.45, 2.75) is 65.8 Å². The zero-order valence-electron chi connectivity index (χ0n) is 19.2. The first-order valence-electron chi connectivity index (χ1n) is 11.1. The monoisotopic (exact) mass is 532 g/mol.